The van der Waals surface area contributed by atoms with Crippen LogP contribution < -0.4 is 4.90 Å². The molecule has 1 saturated heterocycles. The van der Waals surface area contributed by atoms with E-state index in [9.17, 15) is 0 Å². The molecule has 0 amide bonds. The molecule has 1 aliphatic rings. The second kappa shape index (κ2) is 5.99. The zero-order chi connectivity index (χ0) is 16.5. The van der Waals surface area contributed by atoms with Crippen molar-refractivity contribution in [1.82, 2.24) is 29.5 Å². The summed E-state index contributed by atoms with van der Waals surface area (Å²) >= 11 is 0. The number of rotatable bonds is 3. The summed E-state index contributed by atoms with van der Waals surface area (Å²) in [6, 6.07) is 2.18. The van der Waals surface area contributed by atoms with Crippen molar-refractivity contribution in [2.75, 3.05) is 11.4 Å². The highest BCUT2D eigenvalue weighted by atomic mass is 15.2. The molecule has 1 fully saturated rings. The van der Waals surface area contributed by atoms with Crippen molar-refractivity contribution in [2.24, 2.45) is 7.05 Å². The Bertz CT molecular complexity index is 857. The molecule has 0 unspecified atom stereocenters. The van der Waals surface area contributed by atoms with Crippen LogP contribution in [0.2, 0.25) is 0 Å². The van der Waals surface area contributed by atoms with Gasteiger partial charge in [0.15, 0.2) is 5.82 Å². The van der Waals surface area contributed by atoms with Crippen molar-refractivity contribution in [1.29, 1.82) is 0 Å². The highest BCUT2D eigenvalue weighted by Crippen LogP contribution is 2.37. The standard InChI is InChI=1S/C17H19N7/c1-12-10-14(22-11-21-12)24-8-3-4-13(24)15-16(19-6-5-18-15)17-20-7-9-23(17)2/h5-7,9-11,13H,3-4,8H2,1-2H3/t13-/m0/s1. The van der Waals surface area contributed by atoms with E-state index in [2.05, 4.69) is 29.8 Å². The lowest BCUT2D eigenvalue weighted by molar-refractivity contribution is 0.681. The predicted octanol–water partition coefficient (Wildman–Crippen LogP) is 2.32. The number of hydrogen-bond donors (Lipinski definition) is 0. The maximum atomic E-state index is 4.66. The summed E-state index contributed by atoms with van der Waals surface area (Å²) in [5.74, 6) is 1.78. The average molecular weight is 321 g/mol. The van der Waals surface area contributed by atoms with Crippen molar-refractivity contribution in [3.63, 3.8) is 0 Å². The fraction of sp³-hybridized carbons (Fsp3) is 0.353. The smallest absolute Gasteiger partial charge is 0.160 e. The van der Waals surface area contributed by atoms with E-state index in [4.69, 9.17) is 0 Å². The lowest BCUT2D eigenvalue weighted by Crippen LogP contribution is -2.25. The third-order valence-corrected chi connectivity index (χ3v) is 4.41. The van der Waals surface area contributed by atoms with Gasteiger partial charge in [0, 0.05) is 50.1 Å². The van der Waals surface area contributed by atoms with Crippen LogP contribution in [0.3, 0.4) is 0 Å². The molecule has 0 N–H and O–H groups in total. The first-order chi connectivity index (χ1) is 11.7. The van der Waals surface area contributed by atoms with Crippen molar-refractivity contribution in [2.45, 2.75) is 25.8 Å². The van der Waals surface area contributed by atoms with E-state index in [1.807, 2.05) is 30.8 Å². The molecule has 0 aromatic carbocycles. The molecule has 3 aromatic rings. The van der Waals surface area contributed by atoms with E-state index >= 15 is 0 Å². The van der Waals surface area contributed by atoms with E-state index in [1.54, 1.807) is 24.9 Å². The summed E-state index contributed by atoms with van der Waals surface area (Å²) in [6.07, 6.45) is 10.9. The number of imidazole rings is 1. The SMILES string of the molecule is Cc1cc(N2CCC[C@H]2c2nccnc2-c2nccn2C)ncn1. The van der Waals surface area contributed by atoms with E-state index in [0.29, 0.717) is 0 Å². The van der Waals surface area contributed by atoms with E-state index < -0.39 is 0 Å². The van der Waals surface area contributed by atoms with Gasteiger partial charge < -0.3 is 9.47 Å². The highest BCUT2D eigenvalue weighted by Gasteiger charge is 2.31. The van der Waals surface area contributed by atoms with Gasteiger partial charge in [0.2, 0.25) is 0 Å². The Morgan fingerprint density at radius 3 is 2.71 bits per heavy atom. The number of aryl methyl sites for hydroxylation is 2. The summed E-state index contributed by atoms with van der Waals surface area (Å²) in [5.41, 5.74) is 2.77. The summed E-state index contributed by atoms with van der Waals surface area (Å²) in [7, 11) is 1.97. The highest BCUT2D eigenvalue weighted by molar-refractivity contribution is 5.56. The second-order valence-electron chi connectivity index (χ2n) is 6.02. The van der Waals surface area contributed by atoms with Gasteiger partial charge >= 0.3 is 0 Å². The topological polar surface area (TPSA) is 72.6 Å². The number of aromatic nitrogens is 6. The van der Waals surface area contributed by atoms with Crippen LogP contribution in [0.25, 0.3) is 11.5 Å². The van der Waals surface area contributed by atoms with E-state index in [1.165, 1.54) is 0 Å². The number of hydrogen-bond acceptors (Lipinski definition) is 6. The van der Waals surface area contributed by atoms with Gasteiger partial charge in [0.1, 0.15) is 17.8 Å². The Morgan fingerprint density at radius 2 is 1.92 bits per heavy atom. The molecule has 7 nitrogen and oxygen atoms in total. The first kappa shape index (κ1) is 14.7. The monoisotopic (exact) mass is 321 g/mol. The van der Waals surface area contributed by atoms with Crippen molar-refractivity contribution in [3.8, 4) is 11.5 Å². The minimum atomic E-state index is 0.152. The molecule has 0 aliphatic carbocycles. The molecule has 122 valence electrons. The lowest BCUT2D eigenvalue weighted by Gasteiger charge is -2.26. The molecule has 0 saturated carbocycles. The van der Waals surface area contributed by atoms with Gasteiger partial charge in [-0.2, -0.15) is 0 Å². The number of nitrogens with zero attached hydrogens (tertiary/aromatic N) is 7. The predicted molar refractivity (Wildman–Crippen MR) is 90.3 cm³/mol. The minimum absolute atomic E-state index is 0.152. The van der Waals surface area contributed by atoms with Crippen LogP contribution in [0.15, 0.2) is 37.2 Å². The van der Waals surface area contributed by atoms with Gasteiger partial charge in [-0.05, 0) is 19.8 Å². The largest absolute Gasteiger partial charge is 0.348 e. The Kier molecular flexibility index (Phi) is 3.68. The molecule has 0 spiro atoms. The Hall–Kier alpha value is -2.83. The first-order valence-electron chi connectivity index (χ1n) is 8.08. The molecule has 0 radical (unpaired) electrons. The summed E-state index contributed by atoms with van der Waals surface area (Å²) in [5, 5.41) is 0. The molecular weight excluding hydrogens is 302 g/mol. The molecule has 1 atom stereocenters. The average Bonchev–Trinajstić information content (AvgIpc) is 3.23. The van der Waals surface area contributed by atoms with Crippen LogP contribution in [0, 0.1) is 6.92 Å². The Morgan fingerprint density at radius 1 is 1.04 bits per heavy atom. The summed E-state index contributed by atoms with van der Waals surface area (Å²) < 4.78 is 1.97. The molecule has 7 heteroatoms. The first-order valence-corrected chi connectivity index (χ1v) is 8.08. The number of anilines is 1. The van der Waals surface area contributed by atoms with Crippen LogP contribution in [-0.4, -0.2) is 36.0 Å². The molecule has 0 bridgehead atoms. The third-order valence-electron chi connectivity index (χ3n) is 4.41. The summed E-state index contributed by atoms with van der Waals surface area (Å²) in [6.45, 7) is 2.94. The molecular formula is C17H19N7. The molecule has 1 aliphatic heterocycles. The van der Waals surface area contributed by atoms with Crippen molar-refractivity contribution >= 4 is 5.82 Å². The van der Waals surface area contributed by atoms with Crippen LogP contribution in [-0.2, 0) is 7.05 Å². The van der Waals surface area contributed by atoms with Gasteiger partial charge in [-0.3, -0.25) is 4.98 Å². The van der Waals surface area contributed by atoms with Crippen LogP contribution in [0.1, 0.15) is 30.3 Å². The van der Waals surface area contributed by atoms with Gasteiger partial charge in [0.05, 0.1) is 11.7 Å². The zero-order valence-corrected chi connectivity index (χ0v) is 13.8. The van der Waals surface area contributed by atoms with Gasteiger partial charge in [-0.1, -0.05) is 0 Å². The molecule has 4 heterocycles. The Balaban J connectivity index is 1.77. The maximum absolute atomic E-state index is 4.66. The quantitative estimate of drug-likeness (QED) is 0.737. The molecule has 3 aromatic heterocycles. The normalized spacial score (nSPS) is 17.4. The van der Waals surface area contributed by atoms with Crippen LogP contribution in [0.4, 0.5) is 5.82 Å². The third kappa shape index (κ3) is 2.51. The zero-order valence-electron chi connectivity index (χ0n) is 13.8. The second-order valence-corrected chi connectivity index (χ2v) is 6.02. The van der Waals surface area contributed by atoms with Gasteiger partial charge in [-0.15, -0.1) is 0 Å². The molecule has 24 heavy (non-hydrogen) atoms. The Labute approximate surface area is 140 Å². The lowest BCUT2D eigenvalue weighted by atomic mass is 10.1. The fourth-order valence-electron chi connectivity index (χ4n) is 3.28. The van der Waals surface area contributed by atoms with Crippen LogP contribution >= 0.6 is 0 Å². The fourth-order valence-corrected chi connectivity index (χ4v) is 3.28. The molecule has 4 rings (SSSR count). The minimum Gasteiger partial charge on any atom is -0.348 e. The van der Waals surface area contributed by atoms with E-state index in [0.717, 1.165) is 48.1 Å². The van der Waals surface area contributed by atoms with Crippen molar-refractivity contribution in [3.05, 3.63) is 48.6 Å². The van der Waals surface area contributed by atoms with Crippen LogP contribution in [0.5, 0.6) is 0 Å². The summed E-state index contributed by atoms with van der Waals surface area (Å²) in [4.78, 5) is 24.6. The van der Waals surface area contributed by atoms with Gasteiger partial charge in [0.25, 0.3) is 0 Å². The van der Waals surface area contributed by atoms with E-state index in [-0.39, 0.29) is 6.04 Å². The van der Waals surface area contributed by atoms with Crippen molar-refractivity contribution < 1.29 is 0 Å². The van der Waals surface area contributed by atoms with Gasteiger partial charge in [-0.25, -0.2) is 19.9 Å². The maximum Gasteiger partial charge on any atom is 0.160 e.